The lowest BCUT2D eigenvalue weighted by Crippen LogP contribution is -2.27. The molecule has 0 fully saturated rings. The quantitative estimate of drug-likeness (QED) is 0.417. The summed E-state index contributed by atoms with van der Waals surface area (Å²) in [7, 11) is 0. The number of fused-ring (bicyclic) bond motifs is 1. The van der Waals surface area contributed by atoms with Crippen LogP contribution in [0.3, 0.4) is 0 Å². The molecule has 3 aromatic rings. The van der Waals surface area contributed by atoms with Gasteiger partial charge in [0.15, 0.2) is 0 Å². The maximum atomic E-state index is 14.7. The molecule has 0 saturated heterocycles. The third-order valence-electron chi connectivity index (χ3n) is 4.38. The summed E-state index contributed by atoms with van der Waals surface area (Å²) < 4.78 is 14.7. The Morgan fingerprint density at radius 3 is 2.19 bits per heavy atom. The first-order chi connectivity index (χ1) is 12.7. The Kier molecular flexibility index (Phi) is 7.49. The number of nitrogens with zero attached hydrogens (tertiary/aromatic N) is 1. The summed E-state index contributed by atoms with van der Waals surface area (Å²) in [6.45, 7) is 6.15. The van der Waals surface area contributed by atoms with Crippen molar-refractivity contribution in [3.05, 3.63) is 83.4 Å². The Balaban J connectivity index is 0.00000117. The van der Waals surface area contributed by atoms with E-state index in [9.17, 15) is 4.48 Å². The second-order valence-electron chi connectivity index (χ2n) is 6.10. The molecule has 0 aliphatic heterocycles. The van der Waals surface area contributed by atoms with Crippen molar-refractivity contribution < 1.29 is 4.48 Å². The van der Waals surface area contributed by atoms with Gasteiger partial charge in [0.05, 0.1) is 6.54 Å². The molecule has 0 amide bonds. The molecule has 1 N–H and O–H groups in total. The smallest absolute Gasteiger partial charge is 0.0550 e. The minimum absolute atomic E-state index is 0.200. The molecule has 1 unspecified atom stereocenters. The highest BCUT2D eigenvalue weighted by Crippen LogP contribution is 2.24. The molecule has 26 heavy (non-hydrogen) atoms. The van der Waals surface area contributed by atoms with Gasteiger partial charge in [0.1, 0.15) is 0 Å². The van der Waals surface area contributed by atoms with Crippen LogP contribution in [-0.4, -0.2) is 17.4 Å². The predicted octanol–water partition coefficient (Wildman–Crippen LogP) is 6.18. The standard InChI is InChI=1S/C21H21FN2.C2H6/c1-16(13-17-7-3-2-4-8-17)24(22)15-19-12-11-18(14-23)20-9-5-6-10-21(19)20;1-2/h2-12,14,16,23H,13,15H2,1H3;1-2H3. The van der Waals surface area contributed by atoms with E-state index < -0.39 is 0 Å². The third-order valence-corrected chi connectivity index (χ3v) is 4.38. The SMILES string of the molecule is CC.CC(Cc1ccccc1)N(F)Cc1ccc(C=N)c2ccccc12. The van der Waals surface area contributed by atoms with Crippen LogP contribution in [0, 0.1) is 5.41 Å². The van der Waals surface area contributed by atoms with E-state index in [1.54, 1.807) is 0 Å². The highest BCUT2D eigenvalue weighted by Gasteiger charge is 2.16. The van der Waals surface area contributed by atoms with Crippen LogP contribution in [-0.2, 0) is 13.0 Å². The fourth-order valence-corrected chi connectivity index (χ4v) is 3.02. The molecular formula is C23H27FN2. The molecule has 3 aromatic carbocycles. The van der Waals surface area contributed by atoms with Crippen molar-refractivity contribution in [2.75, 3.05) is 0 Å². The lowest BCUT2D eigenvalue weighted by atomic mass is 9.99. The topological polar surface area (TPSA) is 27.1 Å². The first-order valence-electron chi connectivity index (χ1n) is 9.16. The molecule has 0 aromatic heterocycles. The monoisotopic (exact) mass is 350 g/mol. The Labute approximate surface area is 155 Å². The van der Waals surface area contributed by atoms with E-state index in [-0.39, 0.29) is 12.6 Å². The van der Waals surface area contributed by atoms with Crippen molar-refractivity contribution in [1.82, 2.24) is 5.12 Å². The molecule has 3 heteroatoms. The number of nitrogens with one attached hydrogen (secondary N) is 1. The van der Waals surface area contributed by atoms with Crippen LogP contribution >= 0.6 is 0 Å². The van der Waals surface area contributed by atoms with Gasteiger partial charge in [0.2, 0.25) is 0 Å². The molecule has 0 spiro atoms. The van der Waals surface area contributed by atoms with Gasteiger partial charge in [0, 0.05) is 12.3 Å². The van der Waals surface area contributed by atoms with Crippen molar-refractivity contribution in [3.8, 4) is 0 Å². The predicted molar refractivity (Wildman–Crippen MR) is 109 cm³/mol. The van der Waals surface area contributed by atoms with E-state index in [0.717, 1.165) is 32.6 Å². The second-order valence-corrected chi connectivity index (χ2v) is 6.10. The van der Waals surface area contributed by atoms with Crippen LogP contribution in [0.1, 0.15) is 37.5 Å². The lowest BCUT2D eigenvalue weighted by Gasteiger charge is -2.21. The molecule has 0 bridgehead atoms. The van der Waals surface area contributed by atoms with E-state index >= 15 is 0 Å². The van der Waals surface area contributed by atoms with E-state index in [4.69, 9.17) is 5.41 Å². The van der Waals surface area contributed by atoms with Gasteiger partial charge in [-0.05, 0) is 40.8 Å². The van der Waals surface area contributed by atoms with E-state index in [0.29, 0.717) is 6.42 Å². The minimum atomic E-state index is -0.200. The van der Waals surface area contributed by atoms with Gasteiger partial charge in [0.25, 0.3) is 0 Å². The Morgan fingerprint density at radius 2 is 1.54 bits per heavy atom. The normalized spacial score (nSPS) is 11.7. The molecule has 136 valence electrons. The van der Waals surface area contributed by atoms with Crippen LogP contribution < -0.4 is 0 Å². The maximum Gasteiger partial charge on any atom is 0.0550 e. The van der Waals surface area contributed by atoms with Gasteiger partial charge in [-0.2, -0.15) is 0 Å². The molecular weight excluding hydrogens is 323 g/mol. The Hall–Kier alpha value is -2.52. The second kappa shape index (κ2) is 9.83. The Morgan fingerprint density at radius 1 is 0.923 bits per heavy atom. The maximum absolute atomic E-state index is 14.7. The number of halogens is 1. The van der Waals surface area contributed by atoms with E-state index in [2.05, 4.69) is 0 Å². The molecule has 0 saturated carbocycles. The summed E-state index contributed by atoms with van der Waals surface area (Å²) in [4.78, 5) is 0. The summed E-state index contributed by atoms with van der Waals surface area (Å²) >= 11 is 0. The van der Waals surface area contributed by atoms with Crippen LogP contribution in [0.25, 0.3) is 10.8 Å². The van der Waals surface area contributed by atoms with Gasteiger partial charge < -0.3 is 5.41 Å². The van der Waals surface area contributed by atoms with Gasteiger partial charge in [-0.3, -0.25) is 0 Å². The first kappa shape index (κ1) is 19.8. The fraction of sp³-hybridized carbons (Fsp3) is 0.261. The largest absolute Gasteiger partial charge is 0.308 e. The van der Waals surface area contributed by atoms with Crippen molar-refractivity contribution in [2.24, 2.45) is 0 Å². The third kappa shape index (κ3) is 4.77. The fourth-order valence-electron chi connectivity index (χ4n) is 3.02. The zero-order chi connectivity index (χ0) is 18.9. The highest BCUT2D eigenvalue weighted by atomic mass is 19.2. The number of hydrogen-bond donors (Lipinski definition) is 1. The van der Waals surface area contributed by atoms with Gasteiger partial charge in [-0.15, -0.1) is 9.60 Å². The van der Waals surface area contributed by atoms with Crippen LogP contribution in [0.15, 0.2) is 66.7 Å². The van der Waals surface area contributed by atoms with Crippen LogP contribution in [0.2, 0.25) is 0 Å². The van der Waals surface area contributed by atoms with E-state index in [1.807, 2.05) is 87.5 Å². The Bertz CT molecular complexity index is 830. The molecule has 0 radical (unpaired) electrons. The average molecular weight is 350 g/mol. The highest BCUT2D eigenvalue weighted by molar-refractivity contribution is 6.00. The van der Waals surface area contributed by atoms with E-state index in [1.165, 1.54) is 6.21 Å². The molecule has 2 nitrogen and oxygen atoms in total. The number of hydrogen-bond acceptors (Lipinski definition) is 2. The van der Waals surface area contributed by atoms with Crippen molar-refractivity contribution in [1.29, 1.82) is 5.41 Å². The summed E-state index contributed by atoms with van der Waals surface area (Å²) in [6.07, 6.45) is 2.02. The zero-order valence-corrected chi connectivity index (χ0v) is 15.7. The number of benzene rings is 3. The lowest BCUT2D eigenvalue weighted by molar-refractivity contribution is -0.0238. The molecule has 1 atom stereocenters. The summed E-state index contributed by atoms with van der Waals surface area (Å²) in [6, 6.07) is 21.5. The van der Waals surface area contributed by atoms with Gasteiger partial charge in [-0.1, -0.05) is 80.6 Å². The summed E-state index contributed by atoms with van der Waals surface area (Å²) in [5.41, 5.74) is 2.94. The molecule has 0 aliphatic rings. The average Bonchev–Trinajstić information content (AvgIpc) is 2.70. The molecule has 0 aliphatic carbocycles. The van der Waals surface area contributed by atoms with Crippen molar-refractivity contribution >= 4 is 17.0 Å². The minimum Gasteiger partial charge on any atom is -0.308 e. The molecule has 3 rings (SSSR count). The van der Waals surface area contributed by atoms with Gasteiger partial charge in [-0.25, -0.2) is 0 Å². The number of rotatable bonds is 6. The summed E-state index contributed by atoms with van der Waals surface area (Å²) in [5.74, 6) is 0. The molecule has 0 heterocycles. The van der Waals surface area contributed by atoms with Crippen LogP contribution in [0.5, 0.6) is 0 Å². The van der Waals surface area contributed by atoms with Gasteiger partial charge >= 0.3 is 0 Å². The van der Waals surface area contributed by atoms with Crippen molar-refractivity contribution in [2.45, 2.75) is 39.8 Å². The van der Waals surface area contributed by atoms with Crippen molar-refractivity contribution in [3.63, 3.8) is 0 Å². The summed E-state index contributed by atoms with van der Waals surface area (Å²) in [5, 5.41) is 10.4. The first-order valence-corrected chi connectivity index (χ1v) is 9.16. The zero-order valence-electron chi connectivity index (χ0n) is 15.7. The van der Waals surface area contributed by atoms with Crippen LogP contribution in [0.4, 0.5) is 4.48 Å².